The van der Waals surface area contributed by atoms with E-state index in [0.717, 1.165) is 25.7 Å². The van der Waals surface area contributed by atoms with Crippen LogP contribution < -0.4 is 0 Å². The normalized spacial score (nSPS) is 24.2. The van der Waals surface area contributed by atoms with Gasteiger partial charge in [-0.2, -0.15) is 0 Å². The minimum atomic E-state index is -0.631. The molecule has 94 valence electrons. The van der Waals surface area contributed by atoms with Gasteiger partial charge in [-0.05, 0) is 41.2 Å². The van der Waals surface area contributed by atoms with E-state index in [0.29, 0.717) is 0 Å². The molecule has 0 aliphatic heterocycles. The van der Waals surface area contributed by atoms with Crippen molar-refractivity contribution < 1.29 is 9.90 Å². The van der Waals surface area contributed by atoms with Crippen LogP contribution >= 0.6 is 11.3 Å². The number of benzene rings is 1. The Morgan fingerprint density at radius 1 is 1.22 bits per heavy atom. The average Bonchev–Trinajstić information content (AvgIpc) is 2.86. The SMILES string of the molecule is O=C(O)C1CCCCC1c1cccc2ccsc12. The summed E-state index contributed by atoms with van der Waals surface area (Å²) in [6.45, 7) is 0. The van der Waals surface area contributed by atoms with Crippen molar-refractivity contribution in [2.75, 3.05) is 0 Å². The Kier molecular flexibility index (Phi) is 3.08. The van der Waals surface area contributed by atoms with Crippen molar-refractivity contribution in [3.63, 3.8) is 0 Å². The Labute approximate surface area is 110 Å². The maximum atomic E-state index is 11.4. The number of rotatable bonds is 2. The molecule has 1 aromatic heterocycles. The molecule has 0 spiro atoms. The van der Waals surface area contributed by atoms with Gasteiger partial charge >= 0.3 is 5.97 Å². The Balaban J connectivity index is 2.06. The minimum absolute atomic E-state index is 0.193. The topological polar surface area (TPSA) is 37.3 Å². The predicted molar refractivity (Wildman–Crippen MR) is 74.2 cm³/mol. The van der Waals surface area contributed by atoms with Gasteiger partial charge in [0.25, 0.3) is 0 Å². The van der Waals surface area contributed by atoms with E-state index in [1.54, 1.807) is 11.3 Å². The second-order valence-electron chi connectivity index (χ2n) is 5.02. The molecule has 0 radical (unpaired) electrons. The monoisotopic (exact) mass is 260 g/mol. The molecule has 3 rings (SSSR count). The van der Waals surface area contributed by atoms with Crippen molar-refractivity contribution in [1.82, 2.24) is 0 Å². The molecule has 1 aliphatic carbocycles. The first-order valence-corrected chi connectivity index (χ1v) is 7.34. The largest absolute Gasteiger partial charge is 0.481 e. The fourth-order valence-electron chi connectivity index (χ4n) is 3.11. The molecular weight excluding hydrogens is 244 g/mol. The highest BCUT2D eigenvalue weighted by Gasteiger charge is 2.32. The van der Waals surface area contributed by atoms with Crippen LogP contribution in [0.25, 0.3) is 10.1 Å². The molecule has 2 atom stereocenters. The standard InChI is InChI=1S/C15H16O2S/c16-15(17)13-6-2-1-5-11(13)12-7-3-4-10-8-9-18-14(10)12/h3-4,7-9,11,13H,1-2,5-6H2,(H,16,17). The first-order valence-electron chi connectivity index (χ1n) is 6.46. The van der Waals surface area contributed by atoms with Crippen LogP contribution in [-0.2, 0) is 4.79 Å². The Morgan fingerprint density at radius 3 is 2.89 bits per heavy atom. The minimum Gasteiger partial charge on any atom is -0.481 e. The molecule has 1 N–H and O–H groups in total. The maximum Gasteiger partial charge on any atom is 0.307 e. The van der Waals surface area contributed by atoms with E-state index >= 15 is 0 Å². The molecule has 1 aliphatic rings. The summed E-state index contributed by atoms with van der Waals surface area (Å²) in [6.07, 6.45) is 4.03. The lowest BCUT2D eigenvalue weighted by molar-refractivity contribution is -0.143. The summed E-state index contributed by atoms with van der Waals surface area (Å²) >= 11 is 1.73. The van der Waals surface area contributed by atoms with Gasteiger partial charge in [-0.15, -0.1) is 11.3 Å². The zero-order valence-electron chi connectivity index (χ0n) is 10.1. The number of carboxylic acid groups (broad SMARTS) is 1. The summed E-state index contributed by atoms with van der Waals surface area (Å²) in [4.78, 5) is 11.4. The van der Waals surface area contributed by atoms with Crippen molar-refractivity contribution in [1.29, 1.82) is 0 Å². The summed E-state index contributed by atoms with van der Waals surface area (Å²) in [6, 6.07) is 8.39. The molecule has 2 aromatic rings. The molecule has 1 heterocycles. The zero-order valence-corrected chi connectivity index (χ0v) is 11.0. The molecule has 1 fully saturated rings. The molecule has 18 heavy (non-hydrogen) atoms. The highest BCUT2D eigenvalue weighted by Crippen LogP contribution is 2.41. The molecule has 0 saturated heterocycles. The van der Waals surface area contributed by atoms with Crippen LogP contribution in [0.3, 0.4) is 0 Å². The first kappa shape index (κ1) is 11.7. The van der Waals surface area contributed by atoms with Gasteiger partial charge in [0.15, 0.2) is 0 Å². The fourth-order valence-corrected chi connectivity index (χ4v) is 4.09. The average molecular weight is 260 g/mol. The number of aliphatic carboxylic acids is 1. The first-order chi connectivity index (χ1) is 8.77. The van der Waals surface area contributed by atoms with Crippen LogP contribution in [0.2, 0.25) is 0 Å². The van der Waals surface area contributed by atoms with Crippen molar-refractivity contribution in [2.45, 2.75) is 31.6 Å². The Bertz CT molecular complexity index is 573. The molecule has 0 bridgehead atoms. The van der Waals surface area contributed by atoms with Crippen LogP contribution in [0.1, 0.15) is 37.2 Å². The van der Waals surface area contributed by atoms with E-state index in [-0.39, 0.29) is 11.8 Å². The smallest absolute Gasteiger partial charge is 0.307 e. The van der Waals surface area contributed by atoms with Gasteiger partial charge in [-0.25, -0.2) is 0 Å². The van der Waals surface area contributed by atoms with Crippen LogP contribution in [0, 0.1) is 5.92 Å². The third kappa shape index (κ3) is 1.93. The predicted octanol–water partition coefficient (Wildman–Crippen LogP) is 4.26. The van der Waals surface area contributed by atoms with Gasteiger partial charge in [0.1, 0.15) is 0 Å². The number of carboxylic acids is 1. The molecule has 2 unspecified atom stereocenters. The van der Waals surface area contributed by atoms with E-state index in [4.69, 9.17) is 0 Å². The summed E-state index contributed by atoms with van der Waals surface area (Å²) in [5.41, 5.74) is 1.25. The van der Waals surface area contributed by atoms with Gasteiger partial charge in [-0.3, -0.25) is 4.79 Å². The zero-order chi connectivity index (χ0) is 12.5. The van der Waals surface area contributed by atoms with Crippen molar-refractivity contribution in [3.05, 3.63) is 35.2 Å². The quantitative estimate of drug-likeness (QED) is 0.876. The lowest BCUT2D eigenvalue weighted by Gasteiger charge is -2.29. The lowest BCUT2D eigenvalue weighted by atomic mass is 9.75. The Morgan fingerprint density at radius 2 is 2.06 bits per heavy atom. The third-order valence-corrected chi connectivity index (χ3v) is 4.97. The molecular formula is C15H16O2S. The van der Waals surface area contributed by atoms with E-state index in [9.17, 15) is 9.90 Å². The number of fused-ring (bicyclic) bond motifs is 1. The highest BCUT2D eigenvalue weighted by atomic mass is 32.1. The van der Waals surface area contributed by atoms with E-state index < -0.39 is 5.97 Å². The van der Waals surface area contributed by atoms with Crippen LogP contribution in [0.15, 0.2) is 29.6 Å². The summed E-state index contributed by atoms with van der Waals surface area (Å²) in [7, 11) is 0. The van der Waals surface area contributed by atoms with Gasteiger partial charge in [-0.1, -0.05) is 31.0 Å². The van der Waals surface area contributed by atoms with Gasteiger partial charge in [0.05, 0.1) is 5.92 Å². The van der Waals surface area contributed by atoms with Gasteiger partial charge < -0.3 is 5.11 Å². The molecule has 0 amide bonds. The van der Waals surface area contributed by atoms with E-state index in [1.807, 2.05) is 0 Å². The summed E-state index contributed by atoms with van der Waals surface area (Å²) < 4.78 is 1.27. The summed E-state index contributed by atoms with van der Waals surface area (Å²) in [5.74, 6) is -0.640. The van der Waals surface area contributed by atoms with E-state index in [1.165, 1.54) is 15.6 Å². The Hall–Kier alpha value is -1.35. The highest BCUT2D eigenvalue weighted by molar-refractivity contribution is 7.17. The van der Waals surface area contributed by atoms with E-state index in [2.05, 4.69) is 29.6 Å². The second-order valence-corrected chi connectivity index (χ2v) is 5.94. The molecule has 1 aromatic carbocycles. The number of carbonyl (C=O) groups is 1. The van der Waals surface area contributed by atoms with Crippen molar-refractivity contribution >= 4 is 27.4 Å². The molecule has 2 nitrogen and oxygen atoms in total. The third-order valence-electron chi connectivity index (χ3n) is 3.99. The lowest BCUT2D eigenvalue weighted by Crippen LogP contribution is -2.25. The van der Waals surface area contributed by atoms with Crippen LogP contribution in [-0.4, -0.2) is 11.1 Å². The van der Waals surface area contributed by atoms with Crippen molar-refractivity contribution in [3.8, 4) is 0 Å². The van der Waals surface area contributed by atoms with Crippen molar-refractivity contribution in [2.24, 2.45) is 5.92 Å². The maximum absolute atomic E-state index is 11.4. The number of hydrogen-bond acceptors (Lipinski definition) is 2. The fraction of sp³-hybridized carbons (Fsp3) is 0.400. The molecule has 1 saturated carbocycles. The molecule has 3 heteroatoms. The summed E-state index contributed by atoms with van der Waals surface area (Å²) in [5, 5.41) is 12.7. The number of thiophene rings is 1. The van der Waals surface area contributed by atoms with Crippen LogP contribution in [0.5, 0.6) is 0 Å². The van der Waals surface area contributed by atoms with Gasteiger partial charge in [0, 0.05) is 4.70 Å². The second kappa shape index (κ2) is 4.73. The van der Waals surface area contributed by atoms with Crippen LogP contribution in [0.4, 0.5) is 0 Å². The van der Waals surface area contributed by atoms with Gasteiger partial charge in [0.2, 0.25) is 0 Å². The number of hydrogen-bond donors (Lipinski definition) is 1.